The fourth-order valence-electron chi connectivity index (χ4n) is 2.70. The van der Waals surface area contributed by atoms with E-state index in [0.29, 0.717) is 6.54 Å². The minimum absolute atomic E-state index is 0.0435. The van der Waals surface area contributed by atoms with Crippen LogP contribution in [-0.2, 0) is 11.3 Å². The molecular weight excluding hydrogens is 274 g/mol. The molecule has 0 N–H and O–H groups in total. The molecule has 0 radical (unpaired) electrons. The smallest absolute Gasteiger partial charge is 0.248 e. The molecule has 0 spiro atoms. The van der Waals surface area contributed by atoms with E-state index in [4.69, 9.17) is 0 Å². The number of carbonyl (C=O) groups is 1. The van der Waals surface area contributed by atoms with Crippen LogP contribution in [0.1, 0.15) is 12.5 Å². The van der Waals surface area contributed by atoms with Crippen molar-refractivity contribution in [2.45, 2.75) is 20.4 Å². The number of fused-ring (bicyclic) bond motifs is 1. The minimum atomic E-state index is 0.0435. The number of hydrogen-bond acceptors (Lipinski definition) is 2. The summed E-state index contributed by atoms with van der Waals surface area (Å²) in [6, 6.07) is 14.2. The highest BCUT2D eigenvalue weighted by Crippen LogP contribution is 2.26. The van der Waals surface area contributed by atoms with Gasteiger partial charge in [0, 0.05) is 18.1 Å². The molecule has 0 aliphatic heterocycles. The predicted molar refractivity (Wildman–Crippen MR) is 88.9 cm³/mol. The minimum Gasteiger partial charge on any atom is -0.310 e. The standard InChI is InChI=1S/C18H19N3O/c1-3-21(18(22)13-20-12-14(2)11-19-20)17-10-6-8-15-7-4-5-9-16(15)17/h4-12H,3,13H2,1-2H3. The van der Waals surface area contributed by atoms with Gasteiger partial charge in [0.2, 0.25) is 5.91 Å². The molecule has 4 nitrogen and oxygen atoms in total. The summed E-state index contributed by atoms with van der Waals surface area (Å²) in [5, 5.41) is 6.43. The summed E-state index contributed by atoms with van der Waals surface area (Å²) in [6.45, 7) is 4.85. The zero-order chi connectivity index (χ0) is 15.5. The maximum absolute atomic E-state index is 12.7. The fourth-order valence-corrected chi connectivity index (χ4v) is 2.70. The molecule has 22 heavy (non-hydrogen) atoms. The second kappa shape index (κ2) is 6.02. The van der Waals surface area contributed by atoms with Crippen LogP contribution in [0.15, 0.2) is 54.9 Å². The lowest BCUT2D eigenvalue weighted by atomic mass is 10.1. The number of amides is 1. The van der Waals surface area contributed by atoms with E-state index >= 15 is 0 Å². The van der Waals surface area contributed by atoms with Gasteiger partial charge in [-0.3, -0.25) is 9.48 Å². The Kier molecular flexibility index (Phi) is 3.92. The molecule has 0 aliphatic carbocycles. The number of aromatic nitrogens is 2. The van der Waals surface area contributed by atoms with E-state index in [-0.39, 0.29) is 12.5 Å². The van der Waals surface area contributed by atoms with Crippen molar-refractivity contribution in [2.75, 3.05) is 11.4 Å². The lowest BCUT2D eigenvalue weighted by Crippen LogP contribution is -2.34. The van der Waals surface area contributed by atoms with E-state index in [2.05, 4.69) is 23.3 Å². The Morgan fingerprint density at radius 3 is 2.68 bits per heavy atom. The SMILES string of the molecule is CCN(C(=O)Cn1cc(C)cn1)c1cccc2ccccc12. The van der Waals surface area contributed by atoms with Gasteiger partial charge in [0.15, 0.2) is 0 Å². The number of benzene rings is 2. The first-order chi connectivity index (χ1) is 10.7. The van der Waals surface area contributed by atoms with Crippen LogP contribution in [-0.4, -0.2) is 22.2 Å². The van der Waals surface area contributed by atoms with E-state index in [0.717, 1.165) is 22.0 Å². The van der Waals surface area contributed by atoms with Crippen molar-refractivity contribution >= 4 is 22.4 Å². The molecule has 3 rings (SSSR count). The molecule has 1 aromatic heterocycles. The summed E-state index contributed by atoms with van der Waals surface area (Å²) < 4.78 is 1.69. The quantitative estimate of drug-likeness (QED) is 0.739. The monoisotopic (exact) mass is 293 g/mol. The summed E-state index contributed by atoms with van der Waals surface area (Å²) in [7, 11) is 0. The molecule has 4 heteroatoms. The zero-order valence-electron chi connectivity index (χ0n) is 12.9. The lowest BCUT2D eigenvalue weighted by Gasteiger charge is -2.22. The molecule has 0 atom stereocenters. The predicted octanol–water partition coefficient (Wildman–Crippen LogP) is 3.40. The van der Waals surface area contributed by atoms with Gasteiger partial charge in [0.1, 0.15) is 6.54 Å². The van der Waals surface area contributed by atoms with Crippen molar-refractivity contribution in [1.29, 1.82) is 0 Å². The Morgan fingerprint density at radius 2 is 1.95 bits per heavy atom. The van der Waals surface area contributed by atoms with E-state index in [1.165, 1.54) is 0 Å². The lowest BCUT2D eigenvalue weighted by molar-refractivity contribution is -0.119. The summed E-state index contributed by atoms with van der Waals surface area (Å²) >= 11 is 0. The first-order valence-electron chi connectivity index (χ1n) is 7.46. The molecule has 112 valence electrons. The average Bonchev–Trinajstić information content (AvgIpc) is 2.93. The van der Waals surface area contributed by atoms with Gasteiger partial charge in [-0.25, -0.2) is 0 Å². The van der Waals surface area contributed by atoms with Gasteiger partial charge in [0.05, 0.1) is 11.9 Å². The number of hydrogen-bond donors (Lipinski definition) is 0. The van der Waals surface area contributed by atoms with E-state index in [1.54, 1.807) is 10.9 Å². The van der Waals surface area contributed by atoms with Crippen LogP contribution in [0.3, 0.4) is 0 Å². The number of anilines is 1. The zero-order valence-corrected chi connectivity index (χ0v) is 12.9. The summed E-state index contributed by atoms with van der Waals surface area (Å²) in [5.41, 5.74) is 2.01. The Morgan fingerprint density at radius 1 is 1.18 bits per heavy atom. The maximum atomic E-state index is 12.7. The van der Waals surface area contributed by atoms with Crippen LogP contribution < -0.4 is 4.90 Å². The number of likely N-dealkylation sites (N-methyl/N-ethyl adjacent to an activating group) is 1. The third-order valence-electron chi connectivity index (χ3n) is 3.73. The van der Waals surface area contributed by atoms with Gasteiger partial charge in [0.25, 0.3) is 0 Å². The topological polar surface area (TPSA) is 38.1 Å². The molecule has 0 aliphatic rings. The van der Waals surface area contributed by atoms with Crippen LogP contribution >= 0.6 is 0 Å². The molecule has 0 unspecified atom stereocenters. The molecule has 2 aromatic carbocycles. The Labute approximate surface area is 130 Å². The van der Waals surface area contributed by atoms with E-state index in [1.807, 2.05) is 49.2 Å². The van der Waals surface area contributed by atoms with Gasteiger partial charge < -0.3 is 4.90 Å². The average molecular weight is 293 g/mol. The number of aryl methyl sites for hydroxylation is 1. The van der Waals surface area contributed by atoms with E-state index < -0.39 is 0 Å². The maximum Gasteiger partial charge on any atom is 0.248 e. The Hall–Kier alpha value is -2.62. The van der Waals surface area contributed by atoms with Gasteiger partial charge in [-0.15, -0.1) is 0 Å². The Balaban J connectivity index is 1.94. The third-order valence-corrected chi connectivity index (χ3v) is 3.73. The van der Waals surface area contributed by atoms with Crippen LogP contribution in [0.4, 0.5) is 5.69 Å². The molecule has 0 fully saturated rings. The second-order valence-electron chi connectivity index (χ2n) is 5.35. The molecular formula is C18H19N3O. The van der Waals surface area contributed by atoms with Gasteiger partial charge in [-0.2, -0.15) is 5.10 Å². The van der Waals surface area contributed by atoms with Crippen molar-refractivity contribution in [3.8, 4) is 0 Å². The largest absolute Gasteiger partial charge is 0.310 e. The summed E-state index contributed by atoms with van der Waals surface area (Å²) in [4.78, 5) is 14.5. The van der Waals surface area contributed by atoms with Crippen molar-refractivity contribution in [3.05, 3.63) is 60.4 Å². The van der Waals surface area contributed by atoms with Gasteiger partial charge in [-0.1, -0.05) is 36.4 Å². The molecule has 3 aromatic rings. The third kappa shape index (κ3) is 2.72. The molecule has 0 saturated heterocycles. The second-order valence-corrected chi connectivity index (χ2v) is 5.35. The van der Waals surface area contributed by atoms with Gasteiger partial charge >= 0.3 is 0 Å². The van der Waals surface area contributed by atoms with Crippen LogP contribution in [0, 0.1) is 6.92 Å². The Bertz CT molecular complexity index is 801. The summed E-state index contributed by atoms with van der Waals surface area (Å²) in [6.07, 6.45) is 3.65. The highest BCUT2D eigenvalue weighted by molar-refractivity contribution is 6.03. The fraction of sp³-hybridized carbons (Fsp3) is 0.222. The van der Waals surface area contributed by atoms with E-state index in [9.17, 15) is 4.79 Å². The first-order valence-corrected chi connectivity index (χ1v) is 7.46. The molecule has 1 amide bonds. The number of carbonyl (C=O) groups excluding carboxylic acids is 1. The van der Waals surface area contributed by atoms with Crippen LogP contribution in [0.5, 0.6) is 0 Å². The van der Waals surface area contributed by atoms with Crippen LogP contribution in [0.25, 0.3) is 10.8 Å². The van der Waals surface area contributed by atoms with Crippen molar-refractivity contribution in [2.24, 2.45) is 0 Å². The van der Waals surface area contributed by atoms with Crippen molar-refractivity contribution in [3.63, 3.8) is 0 Å². The highest BCUT2D eigenvalue weighted by atomic mass is 16.2. The molecule has 0 saturated carbocycles. The van der Waals surface area contributed by atoms with Crippen LogP contribution in [0.2, 0.25) is 0 Å². The van der Waals surface area contributed by atoms with Gasteiger partial charge in [-0.05, 0) is 30.9 Å². The number of rotatable bonds is 4. The number of nitrogens with zero attached hydrogens (tertiary/aromatic N) is 3. The molecule has 1 heterocycles. The highest BCUT2D eigenvalue weighted by Gasteiger charge is 2.16. The summed E-state index contributed by atoms with van der Waals surface area (Å²) in [5.74, 6) is 0.0435. The van der Waals surface area contributed by atoms with Crippen molar-refractivity contribution < 1.29 is 4.79 Å². The van der Waals surface area contributed by atoms with Crippen molar-refractivity contribution in [1.82, 2.24) is 9.78 Å². The normalized spacial score (nSPS) is 10.8. The first kappa shape index (κ1) is 14.3. The molecule has 0 bridgehead atoms.